The molecule has 6 atom stereocenters. The summed E-state index contributed by atoms with van der Waals surface area (Å²) in [7, 11) is 4.99. The van der Waals surface area contributed by atoms with Gasteiger partial charge in [-0.3, -0.25) is 4.79 Å². The van der Waals surface area contributed by atoms with Gasteiger partial charge in [-0.25, -0.2) is 4.79 Å². The maximum absolute atomic E-state index is 13.9. The van der Waals surface area contributed by atoms with Crippen molar-refractivity contribution in [3.63, 3.8) is 0 Å². The van der Waals surface area contributed by atoms with E-state index >= 15 is 0 Å². The summed E-state index contributed by atoms with van der Waals surface area (Å²) in [6, 6.07) is 1.96. The molecular formula is C32H46N2O4. The first-order chi connectivity index (χ1) is 17.7. The Morgan fingerprint density at radius 1 is 0.974 bits per heavy atom. The largest absolute Gasteiger partial charge is 0.493 e. The molecule has 208 valence electrons. The SMILES string of the molecule is CNC(=O)N[C@]1(C)CC[C@]2(C)CC[C@]3(C)C4=CC(=O)c5c(cc(OC)c(OC)c5C)[C@]4(C)CC[C@@]3(C)[C@@H]2C1. The zero-order valence-corrected chi connectivity index (χ0v) is 24.8. The van der Waals surface area contributed by atoms with E-state index in [1.54, 1.807) is 21.3 Å². The molecule has 0 unspecified atom stereocenters. The third kappa shape index (κ3) is 3.43. The minimum atomic E-state index is -0.242. The fourth-order valence-corrected chi connectivity index (χ4v) is 9.36. The van der Waals surface area contributed by atoms with Crippen molar-refractivity contribution in [2.24, 2.45) is 22.2 Å². The topological polar surface area (TPSA) is 76.7 Å². The number of amides is 2. The Hall–Kier alpha value is -2.50. The minimum Gasteiger partial charge on any atom is -0.493 e. The summed E-state index contributed by atoms with van der Waals surface area (Å²) in [5.41, 5.74) is 3.66. The Balaban J connectivity index is 1.62. The number of fused-ring (bicyclic) bond motifs is 7. The number of allylic oxidation sites excluding steroid dienone is 2. The van der Waals surface area contributed by atoms with Crippen molar-refractivity contribution in [3.8, 4) is 11.5 Å². The lowest BCUT2D eigenvalue weighted by molar-refractivity contribution is -0.149. The second-order valence-electron chi connectivity index (χ2n) is 13.8. The zero-order valence-electron chi connectivity index (χ0n) is 24.8. The molecule has 1 aromatic carbocycles. The molecule has 1 aromatic rings. The number of carbonyl (C=O) groups is 2. The van der Waals surface area contributed by atoms with E-state index < -0.39 is 0 Å². The summed E-state index contributed by atoms with van der Waals surface area (Å²) in [5.74, 6) is 1.86. The van der Waals surface area contributed by atoms with Gasteiger partial charge >= 0.3 is 6.03 Å². The Morgan fingerprint density at radius 3 is 2.29 bits per heavy atom. The number of ether oxygens (including phenoxy) is 2. The van der Waals surface area contributed by atoms with Gasteiger partial charge in [0.1, 0.15) is 0 Å². The van der Waals surface area contributed by atoms with Crippen LogP contribution >= 0.6 is 0 Å². The quantitative estimate of drug-likeness (QED) is 0.476. The van der Waals surface area contributed by atoms with Gasteiger partial charge in [-0.1, -0.05) is 27.7 Å². The molecule has 6 heteroatoms. The van der Waals surface area contributed by atoms with E-state index in [1.165, 1.54) is 5.57 Å². The molecule has 2 N–H and O–H groups in total. The summed E-state index contributed by atoms with van der Waals surface area (Å²) >= 11 is 0. The van der Waals surface area contributed by atoms with E-state index in [4.69, 9.17) is 9.47 Å². The lowest BCUT2D eigenvalue weighted by Crippen LogP contribution is -2.65. The summed E-state index contributed by atoms with van der Waals surface area (Å²) in [5, 5.41) is 6.04. The average molecular weight is 523 g/mol. The average Bonchev–Trinajstić information content (AvgIpc) is 2.88. The van der Waals surface area contributed by atoms with Gasteiger partial charge in [0.05, 0.1) is 14.2 Å². The Morgan fingerprint density at radius 2 is 1.66 bits per heavy atom. The van der Waals surface area contributed by atoms with Crippen LogP contribution in [0.3, 0.4) is 0 Å². The molecule has 0 heterocycles. The molecule has 5 rings (SSSR count). The van der Waals surface area contributed by atoms with Gasteiger partial charge in [-0.2, -0.15) is 0 Å². The first-order valence-electron chi connectivity index (χ1n) is 14.2. The van der Waals surface area contributed by atoms with Crippen LogP contribution in [-0.4, -0.2) is 38.6 Å². The molecule has 0 spiro atoms. The normalized spacial score (nSPS) is 39.6. The molecule has 3 saturated carbocycles. The number of urea groups is 1. The highest BCUT2D eigenvalue weighted by atomic mass is 16.5. The Kier molecular flexibility index (Phi) is 6.06. The lowest BCUT2D eigenvalue weighted by Gasteiger charge is -2.70. The van der Waals surface area contributed by atoms with E-state index in [0.29, 0.717) is 17.4 Å². The fourth-order valence-electron chi connectivity index (χ4n) is 9.36. The van der Waals surface area contributed by atoms with Gasteiger partial charge < -0.3 is 20.1 Å². The molecule has 4 aliphatic rings. The number of methoxy groups -OCH3 is 2. The van der Waals surface area contributed by atoms with Crippen molar-refractivity contribution >= 4 is 11.8 Å². The maximum Gasteiger partial charge on any atom is 0.314 e. The third-order valence-corrected chi connectivity index (χ3v) is 12.0. The summed E-state index contributed by atoms with van der Waals surface area (Å²) in [6.07, 6.45) is 9.33. The van der Waals surface area contributed by atoms with Crippen molar-refractivity contribution in [1.29, 1.82) is 0 Å². The van der Waals surface area contributed by atoms with Crippen LogP contribution in [0.5, 0.6) is 11.5 Å². The molecule has 3 fully saturated rings. The zero-order chi connectivity index (χ0) is 27.9. The monoisotopic (exact) mass is 522 g/mol. The first kappa shape index (κ1) is 27.1. The lowest BCUT2D eigenvalue weighted by atomic mass is 9.35. The molecule has 0 radical (unpaired) electrons. The van der Waals surface area contributed by atoms with Crippen molar-refractivity contribution in [2.75, 3.05) is 21.3 Å². The summed E-state index contributed by atoms with van der Waals surface area (Å²) in [6.45, 7) is 13.9. The number of benzene rings is 1. The Labute approximate surface area is 228 Å². The van der Waals surface area contributed by atoms with Gasteiger partial charge in [0.2, 0.25) is 0 Å². The highest BCUT2D eigenvalue weighted by Crippen LogP contribution is 2.74. The van der Waals surface area contributed by atoms with Gasteiger partial charge in [0.15, 0.2) is 17.3 Å². The second-order valence-corrected chi connectivity index (χ2v) is 13.8. The van der Waals surface area contributed by atoms with Crippen molar-refractivity contribution in [3.05, 3.63) is 34.4 Å². The number of rotatable bonds is 3. The van der Waals surface area contributed by atoms with Crippen LogP contribution in [0, 0.1) is 29.1 Å². The number of hydrogen-bond acceptors (Lipinski definition) is 4. The molecule has 0 aromatic heterocycles. The van der Waals surface area contributed by atoms with Crippen molar-refractivity contribution < 1.29 is 19.1 Å². The van der Waals surface area contributed by atoms with Crippen LogP contribution in [0.1, 0.15) is 101 Å². The van der Waals surface area contributed by atoms with Crippen LogP contribution in [0.2, 0.25) is 0 Å². The predicted octanol–water partition coefficient (Wildman–Crippen LogP) is 6.49. The number of ketones is 1. The third-order valence-electron chi connectivity index (χ3n) is 12.0. The summed E-state index contributed by atoms with van der Waals surface area (Å²) < 4.78 is 11.4. The van der Waals surface area contributed by atoms with Gasteiger partial charge in [-0.05, 0) is 104 Å². The molecule has 6 nitrogen and oxygen atoms in total. The number of hydrogen-bond donors (Lipinski definition) is 2. The number of carbonyl (C=O) groups excluding carboxylic acids is 2. The van der Waals surface area contributed by atoms with E-state index in [9.17, 15) is 9.59 Å². The van der Waals surface area contributed by atoms with Crippen molar-refractivity contribution in [2.45, 2.75) is 97.4 Å². The van der Waals surface area contributed by atoms with E-state index in [0.717, 1.165) is 61.6 Å². The minimum absolute atomic E-state index is 0.0147. The van der Waals surface area contributed by atoms with E-state index in [-0.39, 0.29) is 39.0 Å². The number of nitrogens with one attached hydrogen (secondary N) is 2. The van der Waals surface area contributed by atoms with Gasteiger partial charge in [0, 0.05) is 29.1 Å². The van der Waals surface area contributed by atoms with Crippen LogP contribution in [0.25, 0.3) is 0 Å². The van der Waals surface area contributed by atoms with Crippen molar-refractivity contribution in [1.82, 2.24) is 10.6 Å². The van der Waals surface area contributed by atoms with Gasteiger partial charge in [0.25, 0.3) is 0 Å². The fraction of sp³-hybridized carbons (Fsp3) is 0.688. The Bertz CT molecular complexity index is 1240. The van der Waals surface area contributed by atoms with Crippen LogP contribution in [-0.2, 0) is 5.41 Å². The van der Waals surface area contributed by atoms with Crippen LogP contribution in [0.4, 0.5) is 4.79 Å². The molecule has 0 aliphatic heterocycles. The highest BCUT2D eigenvalue weighted by molar-refractivity contribution is 6.10. The molecule has 4 aliphatic carbocycles. The smallest absolute Gasteiger partial charge is 0.314 e. The molecule has 38 heavy (non-hydrogen) atoms. The molecule has 2 amide bonds. The highest BCUT2D eigenvalue weighted by Gasteiger charge is 2.67. The molecule has 0 saturated heterocycles. The maximum atomic E-state index is 13.9. The van der Waals surface area contributed by atoms with Gasteiger partial charge in [-0.15, -0.1) is 0 Å². The van der Waals surface area contributed by atoms with E-state index in [2.05, 4.69) is 51.3 Å². The standard InChI is InChI=1S/C32H46N2O4/c1-19-25-20(16-22(37-8)26(19)38-9)30(4)13-15-32(6)24-18-29(3,34-27(36)33-7)12-10-28(24,2)11-14-31(32,5)23(30)17-21(25)35/h16-17,24H,10-15,18H2,1-9H3,(H2,33,34,36)/t24-,28-,29-,30+,31-,32+/m1/s1. The second kappa shape index (κ2) is 8.50. The predicted molar refractivity (Wildman–Crippen MR) is 150 cm³/mol. The van der Waals surface area contributed by atoms with Crippen LogP contribution in [0.15, 0.2) is 17.7 Å². The van der Waals surface area contributed by atoms with E-state index in [1.807, 2.05) is 13.0 Å². The molecule has 0 bridgehead atoms. The molecular weight excluding hydrogens is 476 g/mol. The van der Waals surface area contributed by atoms with Crippen LogP contribution < -0.4 is 20.1 Å². The summed E-state index contributed by atoms with van der Waals surface area (Å²) in [4.78, 5) is 26.2. The first-order valence-corrected chi connectivity index (χ1v) is 14.2.